The lowest BCUT2D eigenvalue weighted by molar-refractivity contribution is -0.808. The molecule has 1 rings (SSSR count). The lowest BCUT2D eigenvalue weighted by atomic mass is 10.2. The van der Waals surface area contributed by atoms with Crippen molar-refractivity contribution in [2.24, 2.45) is 0 Å². The maximum Gasteiger partial charge on any atom is 0.240 e. The number of hydrogen-bond acceptors (Lipinski definition) is 3. The van der Waals surface area contributed by atoms with Gasteiger partial charge >= 0.3 is 0 Å². The van der Waals surface area contributed by atoms with Gasteiger partial charge in [0.25, 0.3) is 0 Å². The lowest BCUT2D eigenvalue weighted by Crippen LogP contribution is -2.29. The highest BCUT2D eigenvalue weighted by molar-refractivity contribution is 6.22. The van der Waals surface area contributed by atoms with Crippen LogP contribution in [-0.4, -0.2) is 5.16 Å². The summed E-state index contributed by atoms with van der Waals surface area (Å²) in [7, 11) is 0. The molecule has 0 saturated carbocycles. The van der Waals surface area contributed by atoms with E-state index in [9.17, 15) is 5.21 Å². The average Bonchev–Trinajstić information content (AvgIpc) is 2.30. The van der Waals surface area contributed by atoms with E-state index in [-0.39, 0.29) is 16.0 Å². The fourth-order valence-corrected chi connectivity index (χ4v) is 1.23. The van der Waals surface area contributed by atoms with E-state index < -0.39 is 5.38 Å². The quantitative estimate of drug-likeness (QED) is 0.554. The predicted molar refractivity (Wildman–Crippen MR) is 44.0 cm³/mol. The van der Waals surface area contributed by atoms with Crippen LogP contribution < -0.4 is 4.90 Å². The molecule has 4 nitrogen and oxygen atoms in total. The molecule has 0 aliphatic heterocycles. The second-order valence-corrected chi connectivity index (χ2v) is 3.74. The number of hydrogen-bond donors (Lipinski definition) is 0. The summed E-state index contributed by atoms with van der Waals surface area (Å²) < 4.78 is 4.36. The molecule has 68 valence electrons. The summed E-state index contributed by atoms with van der Waals surface area (Å²) >= 11 is 11.5. The standard InChI is InChI=1S/C6H8Cl2N2O2/c1-3(7)5-6(4(2)8)10(11)12-9-5/h3-4H,1-2H3/t3-,4+/m0/s1. The molecular formula is C6H8Cl2N2O2. The van der Waals surface area contributed by atoms with Crippen molar-refractivity contribution >= 4 is 23.2 Å². The van der Waals surface area contributed by atoms with Crippen LogP contribution in [-0.2, 0) is 0 Å². The summed E-state index contributed by atoms with van der Waals surface area (Å²) in [6, 6.07) is 0. The third-order valence-electron chi connectivity index (χ3n) is 1.43. The summed E-state index contributed by atoms with van der Waals surface area (Å²) in [5, 5.41) is 13.6. The smallest absolute Gasteiger partial charge is 0.240 e. The molecule has 12 heavy (non-hydrogen) atoms. The zero-order valence-corrected chi connectivity index (χ0v) is 8.13. The number of rotatable bonds is 2. The number of halogens is 2. The van der Waals surface area contributed by atoms with Gasteiger partial charge in [-0.3, -0.25) is 4.63 Å². The second kappa shape index (κ2) is 3.49. The molecule has 0 fully saturated rings. The van der Waals surface area contributed by atoms with Crippen LogP contribution in [0.1, 0.15) is 36.0 Å². The molecule has 6 heteroatoms. The molecule has 1 aromatic rings. The van der Waals surface area contributed by atoms with E-state index in [0.717, 1.165) is 0 Å². The molecule has 0 spiro atoms. The Hall–Kier alpha value is -0.480. The minimum absolute atomic E-state index is 0.277. The molecule has 0 aliphatic carbocycles. The molecule has 1 heterocycles. The average molecular weight is 211 g/mol. The van der Waals surface area contributed by atoms with Gasteiger partial charge in [-0.2, -0.15) is 0 Å². The zero-order chi connectivity index (χ0) is 9.30. The van der Waals surface area contributed by atoms with E-state index in [2.05, 4.69) is 9.79 Å². The van der Waals surface area contributed by atoms with E-state index >= 15 is 0 Å². The van der Waals surface area contributed by atoms with Crippen molar-refractivity contribution in [1.82, 2.24) is 5.16 Å². The van der Waals surface area contributed by atoms with Crippen molar-refractivity contribution in [3.8, 4) is 0 Å². The van der Waals surface area contributed by atoms with Gasteiger partial charge in [0.15, 0.2) is 0 Å². The highest BCUT2D eigenvalue weighted by Gasteiger charge is 2.26. The van der Waals surface area contributed by atoms with Crippen LogP contribution in [0.5, 0.6) is 0 Å². The second-order valence-electron chi connectivity index (χ2n) is 2.43. The molecule has 0 N–H and O–H groups in total. The van der Waals surface area contributed by atoms with Crippen LogP contribution in [0.4, 0.5) is 0 Å². The Bertz CT molecular complexity index is 273. The Morgan fingerprint density at radius 2 is 2.00 bits per heavy atom. The topological polar surface area (TPSA) is 53.0 Å². The summed E-state index contributed by atoms with van der Waals surface area (Å²) in [5.74, 6) is 0. The van der Waals surface area contributed by atoms with Crippen LogP contribution in [0.3, 0.4) is 0 Å². The third kappa shape index (κ3) is 1.64. The Labute approximate surface area is 79.6 Å². The van der Waals surface area contributed by atoms with Crippen molar-refractivity contribution in [3.05, 3.63) is 16.6 Å². The van der Waals surface area contributed by atoms with E-state index in [1.807, 2.05) is 0 Å². The summed E-state index contributed by atoms with van der Waals surface area (Å²) in [4.78, 5) is 0.284. The van der Waals surface area contributed by atoms with Gasteiger partial charge in [0, 0.05) is 5.16 Å². The summed E-state index contributed by atoms with van der Waals surface area (Å²) in [6.45, 7) is 3.35. The molecule has 0 aromatic carbocycles. The van der Waals surface area contributed by atoms with Crippen LogP contribution in [0.15, 0.2) is 4.63 Å². The van der Waals surface area contributed by atoms with Gasteiger partial charge in [-0.25, -0.2) is 0 Å². The first kappa shape index (κ1) is 9.61. The van der Waals surface area contributed by atoms with Crippen molar-refractivity contribution < 1.29 is 9.53 Å². The fraction of sp³-hybridized carbons (Fsp3) is 0.667. The van der Waals surface area contributed by atoms with Gasteiger partial charge in [-0.05, 0) is 18.8 Å². The van der Waals surface area contributed by atoms with Gasteiger partial charge in [0.05, 0.1) is 0 Å². The normalized spacial score (nSPS) is 16.0. The van der Waals surface area contributed by atoms with Crippen molar-refractivity contribution in [3.63, 3.8) is 0 Å². The van der Waals surface area contributed by atoms with E-state index in [1.54, 1.807) is 13.8 Å². The fourth-order valence-electron chi connectivity index (χ4n) is 0.891. The SMILES string of the molecule is C[C@H](Cl)c1no[n+]([O-])c1[C@@H](C)Cl. The molecule has 0 radical (unpaired) electrons. The minimum Gasteiger partial charge on any atom is -0.359 e. The molecule has 0 amide bonds. The molecule has 2 atom stereocenters. The Balaban J connectivity index is 3.12. The van der Waals surface area contributed by atoms with E-state index in [0.29, 0.717) is 5.69 Å². The molecular weight excluding hydrogens is 203 g/mol. The highest BCUT2D eigenvalue weighted by atomic mass is 35.5. The first-order chi connectivity index (χ1) is 5.54. The Morgan fingerprint density at radius 3 is 2.33 bits per heavy atom. The lowest BCUT2D eigenvalue weighted by Gasteiger charge is -1.99. The van der Waals surface area contributed by atoms with Gasteiger partial charge in [-0.1, -0.05) is 0 Å². The number of nitrogens with zero attached hydrogens (tertiary/aromatic N) is 2. The third-order valence-corrected chi connectivity index (χ3v) is 1.84. The van der Waals surface area contributed by atoms with Crippen LogP contribution in [0, 0.1) is 5.21 Å². The highest BCUT2D eigenvalue weighted by Crippen LogP contribution is 2.26. The first-order valence-electron chi connectivity index (χ1n) is 3.41. The van der Waals surface area contributed by atoms with Gasteiger partial charge in [-0.15, -0.1) is 23.2 Å². The maximum absolute atomic E-state index is 10.9. The summed E-state index contributed by atoms with van der Waals surface area (Å²) in [5.41, 5.74) is 0.674. The van der Waals surface area contributed by atoms with Crippen molar-refractivity contribution in [2.45, 2.75) is 24.6 Å². The van der Waals surface area contributed by atoms with Crippen LogP contribution in [0.2, 0.25) is 0 Å². The van der Waals surface area contributed by atoms with Crippen LogP contribution >= 0.6 is 23.2 Å². The van der Waals surface area contributed by atoms with Gasteiger partial charge in [0.2, 0.25) is 11.4 Å². The first-order valence-corrected chi connectivity index (χ1v) is 4.29. The largest absolute Gasteiger partial charge is 0.359 e. The number of aromatic nitrogens is 2. The van der Waals surface area contributed by atoms with Crippen molar-refractivity contribution in [2.75, 3.05) is 0 Å². The summed E-state index contributed by atoms with van der Waals surface area (Å²) in [6.07, 6.45) is 0. The van der Waals surface area contributed by atoms with Gasteiger partial charge in [0.1, 0.15) is 10.8 Å². The molecule has 0 bridgehead atoms. The molecule has 0 unspecified atom stereocenters. The molecule has 1 aromatic heterocycles. The maximum atomic E-state index is 10.9. The van der Waals surface area contributed by atoms with Crippen LogP contribution in [0.25, 0.3) is 0 Å². The Morgan fingerprint density at radius 1 is 1.42 bits per heavy atom. The van der Waals surface area contributed by atoms with Gasteiger partial charge < -0.3 is 5.21 Å². The molecule has 0 aliphatic rings. The zero-order valence-electron chi connectivity index (χ0n) is 6.62. The number of alkyl halides is 2. The molecule has 0 saturated heterocycles. The van der Waals surface area contributed by atoms with Crippen molar-refractivity contribution in [1.29, 1.82) is 0 Å². The minimum atomic E-state index is -0.454. The Kier molecular flexibility index (Phi) is 2.80. The van der Waals surface area contributed by atoms with E-state index in [1.165, 1.54) is 0 Å². The predicted octanol–water partition coefficient (Wildman–Crippen LogP) is 1.91. The monoisotopic (exact) mass is 210 g/mol. The van der Waals surface area contributed by atoms with E-state index in [4.69, 9.17) is 23.2 Å².